The summed E-state index contributed by atoms with van der Waals surface area (Å²) >= 11 is 0. The van der Waals surface area contributed by atoms with Gasteiger partial charge in [-0.05, 0) is 25.3 Å². The van der Waals surface area contributed by atoms with Gasteiger partial charge in [0.1, 0.15) is 0 Å². The Morgan fingerprint density at radius 3 is 2.62 bits per heavy atom. The van der Waals surface area contributed by atoms with Crippen LogP contribution in [0, 0.1) is 11.8 Å². The molecule has 2 N–H and O–H groups in total. The second kappa shape index (κ2) is 8.82. The van der Waals surface area contributed by atoms with Crippen molar-refractivity contribution in [3.63, 3.8) is 0 Å². The van der Waals surface area contributed by atoms with E-state index >= 15 is 0 Å². The maximum Gasteiger partial charge on any atom is 0.233 e. The van der Waals surface area contributed by atoms with E-state index in [-0.39, 0.29) is 18.3 Å². The monoisotopic (exact) mass is 248 g/mol. The van der Waals surface area contributed by atoms with Gasteiger partial charge in [0.2, 0.25) is 5.91 Å². The van der Waals surface area contributed by atoms with Crippen LogP contribution in [0.3, 0.4) is 0 Å². The number of carbonyl (C=O) groups excluding carboxylic acids is 1. The summed E-state index contributed by atoms with van der Waals surface area (Å²) in [4.78, 5) is 11.2. The second-order valence-corrected chi connectivity index (χ2v) is 4.69. The van der Waals surface area contributed by atoms with Gasteiger partial charge < -0.3 is 10.6 Å². The van der Waals surface area contributed by atoms with Crippen molar-refractivity contribution in [3.8, 4) is 0 Å². The fraction of sp³-hybridized carbons (Fsp3) is 0.917. The summed E-state index contributed by atoms with van der Waals surface area (Å²) in [5.74, 6) is 1.79. The zero-order valence-corrected chi connectivity index (χ0v) is 11.2. The van der Waals surface area contributed by atoms with E-state index in [1.165, 1.54) is 25.7 Å². The van der Waals surface area contributed by atoms with E-state index in [0.29, 0.717) is 6.54 Å². The fourth-order valence-corrected chi connectivity index (χ4v) is 2.44. The topological polar surface area (TPSA) is 41.1 Å². The average Bonchev–Trinajstić information content (AvgIpc) is 2.21. The van der Waals surface area contributed by atoms with Crippen molar-refractivity contribution in [1.29, 1.82) is 0 Å². The summed E-state index contributed by atoms with van der Waals surface area (Å²) in [6, 6.07) is 0. The predicted molar refractivity (Wildman–Crippen MR) is 69.9 cm³/mol. The smallest absolute Gasteiger partial charge is 0.233 e. The SMILES string of the molecule is CNCC(=O)NCCC1CCCCC1C.Cl. The first-order valence-electron chi connectivity index (χ1n) is 6.15. The molecular formula is C12H25ClN2O. The lowest BCUT2D eigenvalue weighted by Crippen LogP contribution is -2.34. The average molecular weight is 249 g/mol. The quantitative estimate of drug-likeness (QED) is 0.781. The van der Waals surface area contributed by atoms with E-state index in [0.717, 1.165) is 24.8 Å². The lowest BCUT2D eigenvalue weighted by atomic mass is 9.79. The highest BCUT2D eigenvalue weighted by molar-refractivity contribution is 5.85. The Kier molecular flexibility index (Phi) is 8.67. The van der Waals surface area contributed by atoms with Crippen molar-refractivity contribution in [3.05, 3.63) is 0 Å². The van der Waals surface area contributed by atoms with Gasteiger partial charge in [-0.1, -0.05) is 32.6 Å². The van der Waals surface area contributed by atoms with Crippen molar-refractivity contribution in [2.24, 2.45) is 11.8 Å². The third-order valence-corrected chi connectivity index (χ3v) is 3.46. The first kappa shape index (κ1) is 15.7. The number of hydrogen-bond acceptors (Lipinski definition) is 2. The molecular weight excluding hydrogens is 224 g/mol. The number of nitrogens with one attached hydrogen (secondary N) is 2. The third-order valence-electron chi connectivity index (χ3n) is 3.46. The number of rotatable bonds is 5. The molecule has 4 heteroatoms. The number of likely N-dealkylation sites (N-methyl/N-ethyl adjacent to an activating group) is 1. The van der Waals surface area contributed by atoms with Gasteiger partial charge in [0.25, 0.3) is 0 Å². The number of hydrogen-bond donors (Lipinski definition) is 2. The summed E-state index contributed by atoms with van der Waals surface area (Å²) < 4.78 is 0. The molecule has 0 radical (unpaired) electrons. The summed E-state index contributed by atoms with van der Waals surface area (Å²) in [5, 5.41) is 5.80. The minimum Gasteiger partial charge on any atom is -0.355 e. The number of amides is 1. The van der Waals surface area contributed by atoms with Crippen LogP contribution < -0.4 is 10.6 Å². The molecule has 1 aliphatic carbocycles. The van der Waals surface area contributed by atoms with Gasteiger partial charge in [-0.25, -0.2) is 0 Å². The molecule has 1 fully saturated rings. The van der Waals surface area contributed by atoms with Crippen LogP contribution in [0.2, 0.25) is 0 Å². The van der Waals surface area contributed by atoms with E-state index in [1.807, 2.05) is 0 Å². The van der Waals surface area contributed by atoms with Gasteiger partial charge in [-0.15, -0.1) is 12.4 Å². The summed E-state index contributed by atoms with van der Waals surface area (Å²) in [5.41, 5.74) is 0. The van der Waals surface area contributed by atoms with Gasteiger partial charge >= 0.3 is 0 Å². The zero-order valence-electron chi connectivity index (χ0n) is 10.4. The van der Waals surface area contributed by atoms with E-state index < -0.39 is 0 Å². The van der Waals surface area contributed by atoms with Crippen molar-refractivity contribution < 1.29 is 4.79 Å². The van der Waals surface area contributed by atoms with Crippen LogP contribution in [0.1, 0.15) is 39.0 Å². The molecule has 0 heterocycles. The Bertz CT molecular complexity index is 199. The van der Waals surface area contributed by atoms with Crippen molar-refractivity contribution in [1.82, 2.24) is 10.6 Å². The van der Waals surface area contributed by atoms with Crippen LogP contribution in [0.15, 0.2) is 0 Å². The van der Waals surface area contributed by atoms with Crippen LogP contribution in [0.5, 0.6) is 0 Å². The molecule has 2 atom stereocenters. The highest BCUT2D eigenvalue weighted by Crippen LogP contribution is 2.31. The zero-order chi connectivity index (χ0) is 11.1. The normalized spacial score (nSPS) is 24.6. The largest absolute Gasteiger partial charge is 0.355 e. The lowest BCUT2D eigenvalue weighted by molar-refractivity contribution is -0.120. The minimum atomic E-state index is 0. The minimum absolute atomic E-state index is 0. The van der Waals surface area contributed by atoms with Crippen molar-refractivity contribution in [2.75, 3.05) is 20.1 Å². The van der Waals surface area contributed by atoms with E-state index in [9.17, 15) is 4.79 Å². The molecule has 16 heavy (non-hydrogen) atoms. The fourth-order valence-electron chi connectivity index (χ4n) is 2.44. The molecule has 0 spiro atoms. The Labute approximate surface area is 105 Å². The van der Waals surface area contributed by atoms with Gasteiger partial charge in [0, 0.05) is 6.54 Å². The van der Waals surface area contributed by atoms with Crippen LogP contribution in [-0.2, 0) is 4.79 Å². The van der Waals surface area contributed by atoms with Crippen molar-refractivity contribution >= 4 is 18.3 Å². The molecule has 0 aliphatic heterocycles. The first-order valence-corrected chi connectivity index (χ1v) is 6.15. The molecule has 1 saturated carbocycles. The Hall–Kier alpha value is -0.280. The predicted octanol–water partition coefficient (Wildman–Crippen LogP) is 1.96. The molecule has 0 aromatic rings. The molecule has 0 saturated heterocycles. The maximum absolute atomic E-state index is 11.2. The third kappa shape index (κ3) is 5.71. The molecule has 0 aromatic heterocycles. The Balaban J connectivity index is 0.00000225. The van der Waals surface area contributed by atoms with Crippen molar-refractivity contribution in [2.45, 2.75) is 39.0 Å². The maximum atomic E-state index is 11.2. The summed E-state index contributed by atoms with van der Waals surface area (Å²) in [6.07, 6.45) is 6.64. The molecule has 2 unspecified atom stereocenters. The Morgan fingerprint density at radius 2 is 2.00 bits per heavy atom. The van der Waals surface area contributed by atoms with Crippen LogP contribution in [0.25, 0.3) is 0 Å². The van der Waals surface area contributed by atoms with E-state index in [2.05, 4.69) is 17.6 Å². The first-order chi connectivity index (χ1) is 7.24. The number of halogens is 1. The van der Waals surface area contributed by atoms with Crippen LogP contribution >= 0.6 is 12.4 Å². The summed E-state index contributed by atoms with van der Waals surface area (Å²) in [6.45, 7) is 3.62. The molecule has 1 aliphatic rings. The molecule has 1 rings (SSSR count). The van der Waals surface area contributed by atoms with Gasteiger partial charge in [-0.3, -0.25) is 4.79 Å². The van der Waals surface area contributed by atoms with Gasteiger partial charge in [0.05, 0.1) is 6.54 Å². The summed E-state index contributed by atoms with van der Waals surface area (Å²) in [7, 11) is 1.79. The molecule has 96 valence electrons. The Morgan fingerprint density at radius 1 is 1.31 bits per heavy atom. The lowest BCUT2D eigenvalue weighted by Gasteiger charge is -2.28. The highest BCUT2D eigenvalue weighted by atomic mass is 35.5. The van der Waals surface area contributed by atoms with Crippen LogP contribution in [-0.4, -0.2) is 26.0 Å². The molecule has 0 bridgehead atoms. The second-order valence-electron chi connectivity index (χ2n) is 4.69. The molecule has 0 aromatic carbocycles. The molecule has 3 nitrogen and oxygen atoms in total. The molecule has 1 amide bonds. The van der Waals surface area contributed by atoms with E-state index in [1.54, 1.807) is 7.05 Å². The van der Waals surface area contributed by atoms with Gasteiger partial charge in [-0.2, -0.15) is 0 Å². The van der Waals surface area contributed by atoms with Gasteiger partial charge in [0.15, 0.2) is 0 Å². The van der Waals surface area contributed by atoms with Crippen LogP contribution in [0.4, 0.5) is 0 Å². The highest BCUT2D eigenvalue weighted by Gasteiger charge is 2.20. The van der Waals surface area contributed by atoms with E-state index in [4.69, 9.17) is 0 Å². The number of carbonyl (C=O) groups is 1. The standard InChI is InChI=1S/C12H24N2O.ClH/c1-10-5-3-4-6-11(10)7-8-14-12(15)9-13-2;/h10-11,13H,3-9H2,1-2H3,(H,14,15);1H.